The summed E-state index contributed by atoms with van der Waals surface area (Å²) >= 11 is 0. The van der Waals surface area contributed by atoms with Crippen molar-refractivity contribution in [3.63, 3.8) is 0 Å². The molecule has 6 nitrogen and oxygen atoms in total. The van der Waals surface area contributed by atoms with E-state index in [9.17, 15) is 8.78 Å². The van der Waals surface area contributed by atoms with Crippen LogP contribution in [0, 0.1) is 0 Å². The molecule has 16 heavy (non-hydrogen) atoms. The Balaban J connectivity index is 2.82. The number of aliphatic hydroxyl groups is 1. The van der Waals surface area contributed by atoms with Crippen LogP contribution >= 0.6 is 0 Å². The average Bonchev–Trinajstić information content (AvgIpc) is 2.28. The van der Waals surface area contributed by atoms with Crippen molar-refractivity contribution in [1.82, 2.24) is 9.97 Å². The summed E-state index contributed by atoms with van der Waals surface area (Å²) in [7, 11) is 0. The molecule has 1 rings (SSSR count). The summed E-state index contributed by atoms with van der Waals surface area (Å²) in [5.41, 5.74) is 2.29. The van der Waals surface area contributed by atoms with Crippen LogP contribution in [0.1, 0.15) is 0 Å². The van der Waals surface area contributed by atoms with Gasteiger partial charge in [-0.2, -0.15) is 0 Å². The number of rotatable bonds is 6. The van der Waals surface area contributed by atoms with Crippen molar-refractivity contribution in [2.45, 2.75) is 6.43 Å². The van der Waals surface area contributed by atoms with Gasteiger partial charge in [0.15, 0.2) is 0 Å². The third-order valence-corrected chi connectivity index (χ3v) is 1.85. The van der Waals surface area contributed by atoms with Gasteiger partial charge in [0.2, 0.25) is 0 Å². The number of nitrogen functional groups attached to an aromatic ring is 1. The quantitative estimate of drug-likeness (QED) is 0.467. The molecule has 0 saturated carbocycles. The summed E-state index contributed by atoms with van der Waals surface area (Å²) in [4.78, 5) is 8.85. The van der Waals surface area contributed by atoms with E-state index in [2.05, 4.69) is 15.4 Å². The maximum absolute atomic E-state index is 12.3. The van der Waals surface area contributed by atoms with E-state index >= 15 is 0 Å². The molecule has 0 saturated heterocycles. The van der Waals surface area contributed by atoms with Crippen molar-refractivity contribution in [2.24, 2.45) is 5.84 Å². The fraction of sp³-hybridized carbons (Fsp3) is 0.500. The summed E-state index contributed by atoms with van der Waals surface area (Å²) in [6.45, 7) is -0.658. The van der Waals surface area contributed by atoms with E-state index in [-0.39, 0.29) is 19.0 Å². The normalized spacial score (nSPS) is 10.6. The Hall–Kier alpha value is -1.54. The third kappa shape index (κ3) is 3.55. The maximum Gasteiger partial charge on any atom is 0.255 e. The van der Waals surface area contributed by atoms with Crippen molar-refractivity contribution in [2.75, 3.05) is 30.0 Å². The van der Waals surface area contributed by atoms with Gasteiger partial charge in [0.1, 0.15) is 18.0 Å². The first kappa shape index (κ1) is 12.5. The highest BCUT2D eigenvalue weighted by atomic mass is 19.3. The summed E-state index contributed by atoms with van der Waals surface area (Å²) < 4.78 is 24.5. The number of nitrogens with zero attached hydrogens (tertiary/aromatic N) is 3. The lowest BCUT2D eigenvalue weighted by atomic mass is 10.4. The topological polar surface area (TPSA) is 87.3 Å². The molecule has 0 fully saturated rings. The standard InChI is InChI=1S/C8H13F2N5O/c9-6(10)4-15(1-2-16)8-3-7(14-11)12-5-13-8/h3,5-6,16H,1-2,4,11H2,(H,12,13,14). The number of hydrogen-bond acceptors (Lipinski definition) is 6. The van der Waals surface area contributed by atoms with E-state index in [4.69, 9.17) is 10.9 Å². The van der Waals surface area contributed by atoms with Gasteiger partial charge in [-0.1, -0.05) is 0 Å². The molecule has 0 spiro atoms. The summed E-state index contributed by atoms with van der Waals surface area (Å²) in [5.74, 6) is 5.75. The van der Waals surface area contributed by atoms with E-state index in [1.165, 1.54) is 17.3 Å². The van der Waals surface area contributed by atoms with Gasteiger partial charge in [-0.05, 0) is 0 Å². The molecule has 0 aromatic carbocycles. The molecule has 90 valence electrons. The van der Waals surface area contributed by atoms with E-state index in [0.29, 0.717) is 5.82 Å². The van der Waals surface area contributed by atoms with Gasteiger partial charge < -0.3 is 15.4 Å². The molecule has 0 atom stereocenters. The minimum atomic E-state index is -2.50. The predicted octanol–water partition coefficient (Wildman–Crippen LogP) is -0.174. The van der Waals surface area contributed by atoms with Gasteiger partial charge in [-0.15, -0.1) is 0 Å². The van der Waals surface area contributed by atoms with Crippen LogP contribution in [0.5, 0.6) is 0 Å². The molecular formula is C8H13F2N5O. The highest BCUT2D eigenvalue weighted by molar-refractivity contribution is 5.47. The zero-order valence-corrected chi connectivity index (χ0v) is 8.48. The summed E-state index contributed by atoms with van der Waals surface area (Å²) in [6.07, 6.45) is -1.30. The van der Waals surface area contributed by atoms with Crippen molar-refractivity contribution >= 4 is 11.6 Å². The van der Waals surface area contributed by atoms with Crippen LogP contribution in [-0.2, 0) is 0 Å². The number of alkyl halides is 2. The summed E-state index contributed by atoms with van der Waals surface area (Å²) in [5, 5.41) is 8.77. The highest BCUT2D eigenvalue weighted by Gasteiger charge is 2.13. The lowest BCUT2D eigenvalue weighted by Crippen LogP contribution is -2.32. The number of nitrogens with one attached hydrogen (secondary N) is 1. The fourth-order valence-electron chi connectivity index (χ4n) is 1.19. The summed E-state index contributed by atoms with van der Waals surface area (Å²) in [6, 6.07) is 1.43. The Morgan fingerprint density at radius 2 is 2.25 bits per heavy atom. The van der Waals surface area contributed by atoms with Gasteiger partial charge in [-0.25, -0.2) is 24.6 Å². The SMILES string of the molecule is NNc1cc(N(CCO)CC(F)F)ncn1. The molecule has 0 radical (unpaired) electrons. The van der Waals surface area contributed by atoms with Gasteiger partial charge in [0.05, 0.1) is 13.2 Å². The molecule has 0 aliphatic rings. The number of hydrazine groups is 1. The monoisotopic (exact) mass is 233 g/mol. The first-order chi connectivity index (χ1) is 7.67. The fourth-order valence-corrected chi connectivity index (χ4v) is 1.19. The molecular weight excluding hydrogens is 220 g/mol. The largest absolute Gasteiger partial charge is 0.395 e. The number of anilines is 2. The highest BCUT2D eigenvalue weighted by Crippen LogP contribution is 2.14. The van der Waals surface area contributed by atoms with Crippen molar-refractivity contribution in [3.05, 3.63) is 12.4 Å². The van der Waals surface area contributed by atoms with Crippen LogP contribution in [-0.4, -0.2) is 41.2 Å². The second-order valence-electron chi connectivity index (χ2n) is 2.97. The molecule has 0 aliphatic carbocycles. The molecule has 0 amide bonds. The van der Waals surface area contributed by atoms with Crippen LogP contribution < -0.4 is 16.2 Å². The van der Waals surface area contributed by atoms with Gasteiger partial charge in [-0.3, -0.25) is 0 Å². The molecule has 0 bridgehead atoms. The van der Waals surface area contributed by atoms with E-state index < -0.39 is 13.0 Å². The van der Waals surface area contributed by atoms with Crippen molar-refractivity contribution < 1.29 is 13.9 Å². The minimum Gasteiger partial charge on any atom is -0.395 e. The lowest BCUT2D eigenvalue weighted by Gasteiger charge is -2.22. The molecule has 8 heteroatoms. The molecule has 4 N–H and O–H groups in total. The van der Waals surface area contributed by atoms with Gasteiger partial charge in [0, 0.05) is 12.6 Å². The Morgan fingerprint density at radius 1 is 1.50 bits per heavy atom. The van der Waals surface area contributed by atoms with Gasteiger partial charge >= 0.3 is 0 Å². The Bertz CT molecular complexity index is 325. The van der Waals surface area contributed by atoms with E-state index in [1.807, 2.05) is 0 Å². The first-order valence-electron chi connectivity index (χ1n) is 4.60. The molecule has 1 aromatic heterocycles. The van der Waals surface area contributed by atoms with Crippen LogP contribution in [0.15, 0.2) is 12.4 Å². The van der Waals surface area contributed by atoms with Crippen LogP contribution in [0.2, 0.25) is 0 Å². The van der Waals surface area contributed by atoms with Crippen LogP contribution in [0.25, 0.3) is 0 Å². The molecule has 1 heterocycles. The lowest BCUT2D eigenvalue weighted by molar-refractivity contribution is 0.152. The molecule has 1 aromatic rings. The van der Waals surface area contributed by atoms with Crippen molar-refractivity contribution in [1.29, 1.82) is 0 Å². The average molecular weight is 233 g/mol. The smallest absolute Gasteiger partial charge is 0.255 e. The number of halogens is 2. The number of aliphatic hydroxyl groups excluding tert-OH is 1. The van der Waals surface area contributed by atoms with Crippen LogP contribution in [0.3, 0.4) is 0 Å². The molecule has 0 aliphatic heterocycles. The number of hydrogen-bond donors (Lipinski definition) is 3. The second kappa shape index (κ2) is 6.13. The minimum absolute atomic E-state index is 0.0748. The van der Waals surface area contributed by atoms with E-state index in [0.717, 1.165) is 0 Å². The Labute approximate surface area is 91.1 Å². The van der Waals surface area contributed by atoms with Crippen LogP contribution in [0.4, 0.5) is 20.4 Å². The number of aromatic nitrogens is 2. The Morgan fingerprint density at radius 3 is 2.81 bits per heavy atom. The van der Waals surface area contributed by atoms with Gasteiger partial charge in [0.25, 0.3) is 6.43 Å². The predicted molar refractivity (Wildman–Crippen MR) is 55.1 cm³/mol. The van der Waals surface area contributed by atoms with Crippen molar-refractivity contribution in [3.8, 4) is 0 Å². The van der Waals surface area contributed by atoms with E-state index in [1.54, 1.807) is 0 Å². The third-order valence-electron chi connectivity index (χ3n) is 1.85. The first-order valence-corrected chi connectivity index (χ1v) is 4.60. The zero-order valence-electron chi connectivity index (χ0n) is 8.48. The maximum atomic E-state index is 12.3. The number of nitrogens with two attached hydrogens (primary N) is 1. The Kier molecular flexibility index (Phi) is 4.80. The second-order valence-corrected chi connectivity index (χ2v) is 2.97. The molecule has 0 unspecified atom stereocenters. The zero-order chi connectivity index (χ0) is 12.0.